The third kappa shape index (κ3) is 2.98. The molecule has 2 heterocycles. The number of hydrogen-bond acceptors (Lipinski definition) is 3. The number of ether oxygens (including phenoxy) is 2. The third-order valence-corrected chi connectivity index (χ3v) is 10.3. The van der Waals surface area contributed by atoms with Crippen molar-refractivity contribution in [2.45, 2.75) is 81.5 Å². The lowest BCUT2D eigenvalue weighted by Crippen LogP contribution is -2.54. The summed E-state index contributed by atoms with van der Waals surface area (Å²) in [5.74, 6) is 1.06. The minimum Gasteiger partial charge on any atom is -0.446 e. The number of fused-ring (bicyclic) bond motifs is 2. The largest absolute Gasteiger partial charge is 0.446 e. The monoisotopic (exact) mass is 469 g/mol. The second-order valence-corrected chi connectivity index (χ2v) is 11.8. The summed E-state index contributed by atoms with van der Waals surface area (Å²) >= 11 is 0. The molecule has 2 saturated carbocycles. The molecule has 2 aromatic carbocycles. The van der Waals surface area contributed by atoms with Gasteiger partial charge in [0.05, 0.1) is 11.2 Å². The van der Waals surface area contributed by atoms with Crippen LogP contribution in [0.1, 0.15) is 69.8 Å². The Kier molecular flexibility index (Phi) is 4.62. The molecule has 2 aromatic rings. The number of carbonyl (C=O) groups excluding carboxylic acids is 1. The summed E-state index contributed by atoms with van der Waals surface area (Å²) < 4.78 is 13.0. The van der Waals surface area contributed by atoms with Crippen LogP contribution in [0.4, 0.5) is 4.79 Å². The third-order valence-electron chi connectivity index (χ3n) is 10.3. The Bertz CT molecular complexity index is 1280. The number of rotatable bonds is 2. The van der Waals surface area contributed by atoms with Gasteiger partial charge in [-0.2, -0.15) is 0 Å². The number of allylic oxidation sites excluding steroid dienone is 1. The lowest BCUT2D eigenvalue weighted by Gasteiger charge is -2.54. The van der Waals surface area contributed by atoms with E-state index in [4.69, 9.17) is 9.47 Å². The number of carbonyl (C=O) groups is 1. The van der Waals surface area contributed by atoms with Crippen LogP contribution in [0.3, 0.4) is 0 Å². The van der Waals surface area contributed by atoms with Crippen LogP contribution in [-0.4, -0.2) is 30.4 Å². The Morgan fingerprint density at radius 3 is 2.80 bits per heavy atom. The van der Waals surface area contributed by atoms with Crippen molar-refractivity contribution >= 4 is 16.9 Å². The van der Waals surface area contributed by atoms with E-state index in [-0.39, 0.29) is 28.8 Å². The van der Waals surface area contributed by atoms with Crippen molar-refractivity contribution in [3.8, 4) is 0 Å². The Hall–Kier alpha value is -2.59. The van der Waals surface area contributed by atoms with Crippen LogP contribution in [0.25, 0.3) is 10.8 Å². The van der Waals surface area contributed by atoms with Gasteiger partial charge in [0, 0.05) is 13.5 Å². The zero-order valence-corrected chi connectivity index (χ0v) is 20.8. The van der Waals surface area contributed by atoms with Gasteiger partial charge in [-0.15, -0.1) is 0 Å². The Labute approximate surface area is 207 Å². The van der Waals surface area contributed by atoms with Crippen LogP contribution in [0, 0.1) is 11.3 Å². The second-order valence-electron chi connectivity index (χ2n) is 11.8. The minimum absolute atomic E-state index is 0.0725. The van der Waals surface area contributed by atoms with Gasteiger partial charge < -0.3 is 14.8 Å². The summed E-state index contributed by atoms with van der Waals surface area (Å²) in [5.41, 5.74) is 4.10. The van der Waals surface area contributed by atoms with E-state index in [9.17, 15) is 4.79 Å². The maximum atomic E-state index is 11.9. The second kappa shape index (κ2) is 7.46. The van der Waals surface area contributed by atoms with Gasteiger partial charge in [-0.1, -0.05) is 61.5 Å². The van der Waals surface area contributed by atoms with Gasteiger partial charge in [0.1, 0.15) is 6.10 Å². The van der Waals surface area contributed by atoms with Crippen LogP contribution < -0.4 is 5.32 Å². The fourth-order valence-corrected chi connectivity index (χ4v) is 8.65. The van der Waals surface area contributed by atoms with Gasteiger partial charge in [-0.05, 0) is 89.7 Å². The fourth-order valence-electron chi connectivity index (χ4n) is 8.65. The SMILES string of the molecule is CNC(=O)O[C@@H]1CCC2=CC3=CC[C@]4(C)[C@@H](c5ccc6ccccc6c5)CC[C@H]4[C@@]34CCC2(C1)O4. The molecule has 2 bridgehead atoms. The molecule has 2 aliphatic heterocycles. The van der Waals surface area contributed by atoms with Crippen LogP contribution >= 0.6 is 0 Å². The molecular weight excluding hydrogens is 434 g/mol. The molecule has 0 radical (unpaired) electrons. The summed E-state index contributed by atoms with van der Waals surface area (Å²) in [6.07, 6.45) is 12.9. The average Bonchev–Trinajstić information content (AvgIpc) is 3.38. The lowest BCUT2D eigenvalue weighted by molar-refractivity contribution is -0.144. The number of nitrogens with one attached hydrogen (secondary N) is 1. The van der Waals surface area contributed by atoms with E-state index in [1.807, 2.05) is 0 Å². The van der Waals surface area contributed by atoms with Crippen molar-refractivity contribution in [1.82, 2.24) is 5.32 Å². The smallest absolute Gasteiger partial charge is 0.407 e. The van der Waals surface area contributed by atoms with Crippen LogP contribution in [0.5, 0.6) is 0 Å². The predicted molar refractivity (Wildman–Crippen MR) is 137 cm³/mol. The van der Waals surface area contributed by atoms with E-state index in [1.54, 1.807) is 7.05 Å². The van der Waals surface area contributed by atoms with Crippen molar-refractivity contribution in [2.75, 3.05) is 7.05 Å². The molecule has 0 aromatic heterocycles. The summed E-state index contributed by atoms with van der Waals surface area (Å²) in [6.45, 7) is 2.53. The summed E-state index contributed by atoms with van der Waals surface area (Å²) in [5, 5.41) is 5.27. The zero-order chi connectivity index (χ0) is 23.8. The first-order valence-electron chi connectivity index (χ1n) is 13.4. The van der Waals surface area contributed by atoms with E-state index in [0.717, 1.165) is 38.5 Å². The van der Waals surface area contributed by atoms with E-state index in [2.05, 4.69) is 66.9 Å². The quantitative estimate of drug-likeness (QED) is 0.526. The van der Waals surface area contributed by atoms with Crippen LogP contribution in [0.2, 0.25) is 0 Å². The molecule has 6 atom stereocenters. The first-order valence-corrected chi connectivity index (χ1v) is 13.4. The number of alkyl carbamates (subject to hydrolysis) is 1. The average molecular weight is 470 g/mol. The first-order chi connectivity index (χ1) is 17.0. The molecule has 5 aliphatic rings. The molecule has 4 nitrogen and oxygen atoms in total. The van der Waals surface area contributed by atoms with E-state index in [0.29, 0.717) is 11.8 Å². The molecule has 1 unspecified atom stereocenters. The van der Waals surface area contributed by atoms with Crippen molar-refractivity contribution in [1.29, 1.82) is 0 Å². The van der Waals surface area contributed by atoms with E-state index in [1.165, 1.54) is 40.3 Å². The van der Waals surface area contributed by atoms with E-state index < -0.39 is 0 Å². The standard InChI is InChI=1S/C31H35NO3/c1-29-14-13-24-18-23-9-10-25(34-28(33)32-2)19-30(23)15-16-31(24,35-30)27(29)12-11-26(29)22-8-7-20-5-3-4-6-21(20)17-22/h3-8,13,17-18,25-27H,9-12,14-16,19H2,1-2H3,(H,32,33)/t25-,26-,27-,29-,30?,31-/m1/s1. The highest BCUT2D eigenvalue weighted by atomic mass is 16.6. The summed E-state index contributed by atoms with van der Waals surface area (Å²) in [6, 6.07) is 15.8. The molecule has 1 N–H and O–H groups in total. The van der Waals surface area contributed by atoms with Gasteiger partial charge in [0.2, 0.25) is 0 Å². The number of hydrogen-bond donors (Lipinski definition) is 1. The summed E-state index contributed by atoms with van der Waals surface area (Å²) in [7, 11) is 1.63. The predicted octanol–water partition coefficient (Wildman–Crippen LogP) is 6.81. The molecule has 35 heavy (non-hydrogen) atoms. The topological polar surface area (TPSA) is 47.6 Å². The summed E-state index contributed by atoms with van der Waals surface area (Å²) in [4.78, 5) is 11.9. The molecule has 3 aliphatic carbocycles. The molecule has 182 valence electrons. The maximum absolute atomic E-state index is 11.9. The number of benzene rings is 2. The molecule has 1 saturated heterocycles. The lowest BCUT2D eigenvalue weighted by atomic mass is 9.58. The van der Waals surface area contributed by atoms with Crippen molar-refractivity contribution in [3.63, 3.8) is 0 Å². The molecular formula is C31H35NO3. The van der Waals surface area contributed by atoms with Crippen LogP contribution in [0.15, 0.2) is 65.8 Å². The first kappa shape index (κ1) is 21.7. The molecule has 4 heteroatoms. The Balaban J connectivity index is 1.23. The highest BCUT2D eigenvalue weighted by Crippen LogP contribution is 2.69. The molecule has 2 spiro atoms. The van der Waals surface area contributed by atoms with Crippen molar-refractivity contribution in [2.24, 2.45) is 11.3 Å². The highest BCUT2D eigenvalue weighted by Gasteiger charge is 2.66. The van der Waals surface area contributed by atoms with Gasteiger partial charge in [-0.3, -0.25) is 0 Å². The van der Waals surface area contributed by atoms with Gasteiger partial charge in [0.25, 0.3) is 0 Å². The molecule has 3 fully saturated rings. The van der Waals surface area contributed by atoms with Crippen molar-refractivity contribution in [3.05, 3.63) is 71.3 Å². The Morgan fingerprint density at radius 1 is 1.09 bits per heavy atom. The highest BCUT2D eigenvalue weighted by molar-refractivity contribution is 5.83. The number of amides is 1. The minimum atomic E-state index is -0.331. The van der Waals surface area contributed by atoms with E-state index >= 15 is 0 Å². The van der Waals surface area contributed by atoms with Gasteiger partial charge >= 0.3 is 6.09 Å². The fraction of sp³-hybridized carbons (Fsp3) is 0.516. The van der Waals surface area contributed by atoms with Crippen LogP contribution in [-0.2, 0) is 9.47 Å². The Morgan fingerprint density at radius 2 is 1.94 bits per heavy atom. The normalized spacial score (nSPS) is 39.2. The van der Waals surface area contributed by atoms with Crippen molar-refractivity contribution < 1.29 is 14.3 Å². The van der Waals surface area contributed by atoms with Gasteiger partial charge in [-0.25, -0.2) is 4.79 Å². The maximum Gasteiger partial charge on any atom is 0.407 e. The zero-order valence-electron chi connectivity index (χ0n) is 20.8. The van der Waals surface area contributed by atoms with Gasteiger partial charge in [0.15, 0.2) is 0 Å². The molecule has 7 rings (SSSR count). The molecule has 1 amide bonds.